The topological polar surface area (TPSA) is 280 Å². The van der Waals surface area contributed by atoms with E-state index in [-0.39, 0.29) is 41.1 Å². The van der Waals surface area contributed by atoms with Gasteiger partial charge in [0.1, 0.15) is 54.0 Å². The summed E-state index contributed by atoms with van der Waals surface area (Å²) in [4.78, 5) is 62.9. The van der Waals surface area contributed by atoms with Crippen LogP contribution in [-0.4, -0.2) is 105 Å². The number of nitrogens with two attached hydrogens (primary N) is 1. The third kappa shape index (κ3) is 9.28. The summed E-state index contributed by atoms with van der Waals surface area (Å²) in [5, 5.41) is 9.61. The quantitative estimate of drug-likeness (QED) is 0.0770. The largest absolute Gasteiger partial charge is 0.508 e. The molecule has 4 aromatic rings. The van der Waals surface area contributed by atoms with Crippen molar-refractivity contribution in [3.05, 3.63) is 110 Å². The number of phosphoric acid groups is 1. The molecule has 3 saturated heterocycles. The lowest BCUT2D eigenvalue weighted by molar-refractivity contribution is -0.0641. The molecule has 24 heteroatoms. The van der Waals surface area contributed by atoms with E-state index in [1.54, 1.807) is 24.3 Å². The summed E-state index contributed by atoms with van der Waals surface area (Å²) in [6, 6.07) is 13.5. The van der Waals surface area contributed by atoms with E-state index in [2.05, 4.69) is 26.7 Å². The first kappa shape index (κ1) is 42.6. The number of imidazole rings is 1. The molecule has 21 nitrogen and oxygen atoms in total. The van der Waals surface area contributed by atoms with E-state index in [1.165, 1.54) is 55.5 Å². The highest BCUT2D eigenvalue weighted by atomic mass is 32.7. The number of phosphoric ester groups is 1. The summed E-state index contributed by atoms with van der Waals surface area (Å²) in [5.74, 6) is -0.0924. The average Bonchev–Trinajstić information content (AvgIpc) is 3.92. The Morgan fingerprint density at radius 1 is 1.02 bits per heavy atom. The number of phenolic OH excluding ortho intramolecular Hbond substituents is 1. The lowest BCUT2D eigenvalue weighted by atomic mass is 10.0. The van der Waals surface area contributed by atoms with E-state index >= 15 is 4.57 Å². The predicted octanol–water partition coefficient (Wildman–Crippen LogP) is 3.20. The summed E-state index contributed by atoms with van der Waals surface area (Å²) >= 11 is 0.788. The zero-order valence-corrected chi connectivity index (χ0v) is 33.9. The van der Waals surface area contributed by atoms with Gasteiger partial charge in [-0.15, -0.1) is 0 Å². The summed E-state index contributed by atoms with van der Waals surface area (Å²) < 4.78 is 72.7. The van der Waals surface area contributed by atoms with Crippen molar-refractivity contribution in [3.63, 3.8) is 0 Å². The molecule has 0 spiro atoms. The van der Waals surface area contributed by atoms with Gasteiger partial charge in [0.2, 0.25) is 0 Å². The summed E-state index contributed by atoms with van der Waals surface area (Å²) in [6.45, 7) is -1.91. The van der Waals surface area contributed by atoms with E-state index in [0.29, 0.717) is 16.7 Å². The van der Waals surface area contributed by atoms with Crippen molar-refractivity contribution < 1.29 is 56.2 Å². The zero-order valence-electron chi connectivity index (χ0n) is 31.3. The number of nitrogens with zero attached hydrogens (tertiary/aromatic N) is 5. The van der Waals surface area contributed by atoms with Crippen LogP contribution in [0.5, 0.6) is 5.75 Å². The fourth-order valence-electron chi connectivity index (χ4n) is 6.70. The molecule has 0 saturated carbocycles. The first-order chi connectivity index (χ1) is 28.2. The van der Waals surface area contributed by atoms with E-state index < -0.39 is 82.1 Å². The van der Waals surface area contributed by atoms with Crippen LogP contribution in [0.2, 0.25) is 0 Å². The molecular weight excluding hydrogens is 836 g/mol. The molecule has 3 aliphatic heterocycles. The van der Waals surface area contributed by atoms with Gasteiger partial charge in [0.25, 0.3) is 5.56 Å². The highest BCUT2D eigenvalue weighted by Gasteiger charge is 2.53. The number of hydrogen-bond donors (Lipinski definition) is 4. The molecule has 0 aliphatic carbocycles. The molecule has 0 amide bonds. The van der Waals surface area contributed by atoms with Crippen LogP contribution >= 0.6 is 26.0 Å². The van der Waals surface area contributed by atoms with Crippen LogP contribution in [0, 0.1) is 0 Å². The number of ketones is 1. The molecule has 2 aromatic heterocycles. The Kier molecular flexibility index (Phi) is 12.7. The predicted molar refractivity (Wildman–Crippen MR) is 211 cm³/mol. The van der Waals surface area contributed by atoms with Crippen LogP contribution in [0.4, 0.5) is 5.82 Å². The maximum absolute atomic E-state index is 15.1. The van der Waals surface area contributed by atoms with Crippen molar-refractivity contribution in [2.24, 2.45) is 15.7 Å². The minimum atomic E-state index is -4.91. The molecule has 7 rings (SSSR count). The van der Waals surface area contributed by atoms with Crippen LogP contribution in [-0.2, 0) is 47.2 Å². The number of rotatable bonds is 10. The third-order valence-electron chi connectivity index (χ3n) is 9.63. The van der Waals surface area contributed by atoms with Crippen LogP contribution in [0.15, 0.2) is 86.7 Å². The Labute approximate surface area is 339 Å². The molecule has 2 unspecified atom stereocenters. The number of methoxy groups -OCH3 is 1. The van der Waals surface area contributed by atoms with Gasteiger partial charge in [0, 0.05) is 49.7 Å². The lowest BCUT2D eigenvalue weighted by Gasteiger charge is -2.29. The molecule has 3 aliphatic rings. The third-order valence-corrected chi connectivity index (χ3v) is 14.3. The maximum Gasteiger partial charge on any atom is 0.472 e. The first-order valence-corrected chi connectivity index (χ1v) is 22.4. The Balaban J connectivity index is 1.22. The number of fused-ring (bicyclic) bond motifs is 3. The lowest BCUT2D eigenvalue weighted by Crippen LogP contribution is -2.37. The number of aromatic hydroxyl groups is 1. The van der Waals surface area contributed by atoms with E-state index in [9.17, 15) is 28.9 Å². The molecule has 314 valence electrons. The van der Waals surface area contributed by atoms with Crippen LogP contribution in [0.3, 0.4) is 0 Å². The van der Waals surface area contributed by atoms with Gasteiger partial charge in [0.15, 0.2) is 17.8 Å². The number of amidine groups is 1. The Morgan fingerprint density at radius 2 is 1.71 bits per heavy atom. The summed E-state index contributed by atoms with van der Waals surface area (Å²) in [6.07, 6.45) is -6.06. The minimum absolute atomic E-state index is 0.0231. The second kappa shape index (κ2) is 17.6. The average molecular weight is 876 g/mol. The van der Waals surface area contributed by atoms with E-state index in [0.717, 1.165) is 22.0 Å². The van der Waals surface area contributed by atoms with Gasteiger partial charge in [0.05, 0.1) is 19.5 Å². The zero-order chi connectivity index (χ0) is 42.1. The molecule has 2 aromatic carbocycles. The standard InChI is InChI=1S/C35H39N7O14P2S/c1-37-32(36)28-33(38-2)42(18-39-28)34-31-30(50-3)25(54-34)16-51-57(47,48)55-23-14-27(41-13-12-26(44)40-35(41)46)53-24(23)15-52-58(49,56-31)59-17-19-4-6-20(7-5-19)29(45)21-8-10-22(43)11-9-21/h4-13,18,23-25,27,30-31,34,43H,2,14-17H2,1,3H3,(H2,36,37)(H,47,48)(H,40,44,46)/t23-,24+,25+,27+,30+,31+,34+,58?/m0/s1. The second-order valence-electron chi connectivity index (χ2n) is 13.3. The number of hydrogen-bond acceptors (Lipinski definition) is 17. The molecular formula is C35H39N7O14P2S. The van der Waals surface area contributed by atoms with Gasteiger partial charge >= 0.3 is 20.3 Å². The number of benzene rings is 2. The van der Waals surface area contributed by atoms with Crippen LogP contribution < -0.4 is 17.0 Å². The van der Waals surface area contributed by atoms with Crippen LogP contribution in [0.1, 0.15) is 46.1 Å². The second-order valence-corrected chi connectivity index (χ2v) is 18.7. The monoisotopic (exact) mass is 875 g/mol. The van der Waals surface area contributed by atoms with Gasteiger partial charge in [-0.1, -0.05) is 24.3 Å². The van der Waals surface area contributed by atoms with Crippen molar-refractivity contribution >= 4 is 50.2 Å². The van der Waals surface area contributed by atoms with Crippen molar-refractivity contribution in [1.82, 2.24) is 19.1 Å². The van der Waals surface area contributed by atoms with Crippen molar-refractivity contribution in [2.45, 2.75) is 55.1 Å². The molecule has 2 bridgehead atoms. The van der Waals surface area contributed by atoms with Gasteiger partial charge < -0.3 is 29.9 Å². The Bertz CT molecular complexity index is 2440. The van der Waals surface area contributed by atoms with E-state index in [4.69, 9.17) is 38.0 Å². The number of nitrogens with one attached hydrogen (secondary N) is 1. The molecule has 0 radical (unpaired) electrons. The number of phenols is 1. The van der Waals surface area contributed by atoms with E-state index in [1.807, 2.05) is 0 Å². The minimum Gasteiger partial charge on any atom is -0.508 e. The van der Waals surface area contributed by atoms with Crippen LogP contribution in [0.25, 0.3) is 0 Å². The smallest absolute Gasteiger partial charge is 0.472 e. The van der Waals surface area contributed by atoms with Crippen molar-refractivity contribution in [3.8, 4) is 5.75 Å². The highest BCUT2D eigenvalue weighted by Crippen LogP contribution is 2.65. The van der Waals surface area contributed by atoms with Crippen molar-refractivity contribution in [2.75, 3.05) is 27.4 Å². The summed E-state index contributed by atoms with van der Waals surface area (Å²) in [7, 11) is -2.13. The van der Waals surface area contributed by atoms with Gasteiger partial charge in [-0.05, 0) is 47.9 Å². The number of aromatic amines is 1. The number of carbonyl (C=O) groups excluding carboxylic acids is 1. The Hall–Kier alpha value is -4.57. The number of aliphatic imine (C=N–C) groups is 2. The number of aromatic nitrogens is 4. The molecule has 5 N–H and O–H groups in total. The number of H-pyrrole nitrogens is 1. The molecule has 3 fully saturated rings. The normalized spacial score (nSPS) is 30.2. The SMILES string of the molecule is C=Nc1c(C(N)=NC)ncn1[C@@H]1O[C@@H]2COP(=O)(O)O[C@H]3C[C@H](n4ccc(=O)[nH]c4=O)O[C@@H]3COP(=O)(SCc3ccc(C(=O)c4ccc(O)cc4)cc3)O[C@@H]1[C@@H]2OC. The van der Waals surface area contributed by atoms with Gasteiger partial charge in [-0.2, -0.15) is 0 Å². The molecule has 9 atom stereocenters. The maximum atomic E-state index is 15.1. The number of carbonyl (C=O) groups is 1. The number of ether oxygens (including phenoxy) is 3. The highest BCUT2D eigenvalue weighted by molar-refractivity contribution is 8.54. The molecule has 59 heavy (non-hydrogen) atoms. The fourth-order valence-corrected chi connectivity index (χ4v) is 11.0. The fraction of sp³-hybridized carbons (Fsp3) is 0.371. The molecule has 5 heterocycles. The van der Waals surface area contributed by atoms with Gasteiger partial charge in [-0.3, -0.25) is 46.8 Å². The first-order valence-electron chi connectivity index (χ1n) is 17.8. The van der Waals surface area contributed by atoms with Gasteiger partial charge in [-0.25, -0.2) is 23.9 Å². The Morgan fingerprint density at radius 3 is 2.37 bits per heavy atom. The van der Waals surface area contributed by atoms with Crippen molar-refractivity contribution in [1.29, 1.82) is 0 Å². The summed E-state index contributed by atoms with van der Waals surface area (Å²) in [5.41, 5.74) is 6.13.